The predicted molar refractivity (Wildman–Crippen MR) is 106 cm³/mol. The summed E-state index contributed by atoms with van der Waals surface area (Å²) < 4.78 is 6.37. The van der Waals surface area contributed by atoms with Crippen LogP contribution in [0.5, 0.6) is 5.75 Å². The third-order valence-corrected chi connectivity index (χ3v) is 6.07. The summed E-state index contributed by atoms with van der Waals surface area (Å²) in [7, 11) is 0. The molecular formula is C21H29N3O3. The minimum absolute atomic E-state index is 0.119. The number of fused-ring (bicyclic) bond motifs is 2. The average Bonchev–Trinajstić information content (AvgIpc) is 3.01. The number of rotatable bonds is 6. The molecule has 0 bridgehead atoms. The van der Waals surface area contributed by atoms with Gasteiger partial charge in [-0.05, 0) is 19.0 Å². The van der Waals surface area contributed by atoms with E-state index in [4.69, 9.17) is 4.74 Å². The number of hydrogen-bond donors (Lipinski definition) is 2. The van der Waals surface area contributed by atoms with E-state index < -0.39 is 0 Å². The van der Waals surface area contributed by atoms with Crippen molar-refractivity contribution in [2.45, 2.75) is 63.9 Å². The minimum Gasteiger partial charge on any atom is -0.486 e. The Labute approximate surface area is 159 Å². The van der Waals surface area contributed by atoms with Gasteiger partial charge >= 0.3 is 5.69 Å². The quantitative estimate of drug-likeness (QED) is 0.760. The Kier molecular flexibility index (Phi) is 5.08. The lowest BCUT2D eigenvalue weighted by Crippen LogP contribution is -2.51. The molecule has 0 radical (unpaired) electrons. The van der Waals surface area contributed by atoms with Crippen molar-refractivity contribution in [2.24, 2.45) is 0 Å². The molecule has 2 aromatic rings. The van der Waals surface area contributed by atoms with E-state index in [0.717, 1.165) is 32.5 Å². The topological polar surface area (TPSA) is 78.2 Å². The maximum Gasteiger partial charge on any atom is 0.323 e. The largest absolute Gasteiger partial charge is 0.486 e. The Morgan fingerprint density at radius 3 is 2.48 bits per heavy atom. The summed E-state index contributed by atoms with van der Waals surface area (Å²) in [6.07, 6.45) is 8.71. The first-order valence-electron chi connectivity index (χ1n) is 10.3. The van der Waals surface area contributed by atoms with Gasteiger partial charge in [-0.2, -0.15) is 0 Å². The van der Waals surface area contributed by atoms with E-state index in [9.17, 15) is 9.59 Å². The molecule has 2 aliphatic rings. The second kappa shape index (κ2) is 7.50. The summed E-state index contributed by atoms with van der Waals surface area (Å²) in [4.78, 5) is 32.3. The number of aromatic amines is 2. The molecule has 146 valence electrons. The average molecular weight is 371 g/mol. The molecule has 1 spiro atoms. The van der Waals surface area contributed by atoms with Gasteiger partial charge in [-0.3, -0.25) is 4.79 Å². The number of hydrogen-bond acceptors (Lipinski definition) is 4. The summed E-state index contributed by atoms with van der Waals surface area (Å²) in [5.41, 5.74) is 1.29. The van der Waals surface area contributed by atoms with Crippen LogP contribution < -0.4 is 10.4 Å². The maximum absolute atomic E-state index is 12.8. The lowest BCUT2D eigenvalue weighted by molar-refractivity contribution is -0.00908. The number of unbranched alkanes of at least 4 members (excludes halogenated alkanes) is 4. The highest BCUT2D eigenvalue weighted by atomic mass is 16.5. The summed E-state index contributed by atoms with van der Waals surface area (Å²) in [5, 5.41) is 0. The van der Waals surface area contributed by atoms with E-state index in [2.05, 4.69) is 21.8 Å². The fraction of sp³-hybridized carbons (Fsp3) is 0.619. The standard InChI is InChI=1S/C21H29N3O3/c1-2-3-4-5-6-9-24-10-7-21(8-11-24)14-18(25)15-12-16-17(13-19(15)27-21)23-20(26)22-16/h12-13H,2-11,14H2,1H3,(H2,22,23,26). The molecule has 6 heteroatoms. The van der Waals surface area contributed by atoms with E-state index >= 15 is 0 Å². The fourth-order valence-electron chi connectivity index (χ4n) is 4.42. The molecule has 0 amide bonds. The molecule has 1 saturated heterocycles. The van der Waals surface area contributed by atoms with Crippen molar-refractivity contribution in [1.29, 1.82) is 0 Å². The number of ether oxygens (including phenoxy) is 1. The normalized spacial score (nSPS) is 19.4. The van der Waals surface area contributed by atoms with Gasteiger partial charge in [-0.25, -0.2) is 4.79 Å². The Hall–Kier alpha value is -2.08. The first kappa shape index (κ1) is 18.3. The van der Waals surface area contributed by atoms with E-state index in [1.807, 2.05) is 0 Å². The molecule has 3 heterocycles. The SMILES string of the molecule is CCCCCCCN1CCC2(CC1)CC(=O)c1cc3[nH]c(=O)[nH]c3cc1O2. The second-order valence-electron chi connectivity index (χ2n) is 8.11. The van der Waals surface area contributed by atoms with Gasteiger partial charge in [0, 0.05) is 32.0 Å². The van der Waals surface area contributed by atoms with Crippen molar-refractivity contribution in [3.05, 3.63) is 28.2 Å². The van der Waals surface area contributed by atoms with Gasteiger partial charge in [-0.15, -0.1) is 0 Å². The minimum atomic E-state index is -0.382. The van der Waals surface area contributed by atoms with Crippen LogP contribution in [0, 0.1) is 0 Å². The molecule has 0 saturated carbocycles. The number of carbonyl (C=O) groups excluding carboxylic acids is 1. The molecule has 0 aliphatic carbocycles. The molecule has 6 nitrogen and oxygen atoms in total. The number of carbonyl (C=O) groups is 1. The van der Waals surface area contributed by atoms with E-state index in [1.54, 1.807) is 12.1 Å². The third-order valence-electron chi connectivity index (χ3n) is 6.07. The first-order valence-corrected chi connectivity index (χ1v) is 10.3. The fourth-order valence-corrected chi connectivity index (χ4v) is 4.42. The summed E-state index contributed by atoms with van der Waals surface area (Å²) in [5.74, 6) is 0.732. The Morgan fingerprint density at radius 1 is 1.04 bits per heavy atom. The Morgan fingerprint density at radius 2 is 1.74 bits per heavy atom. The van der Waals surface area contributed by atoms with Gasteiger partial charge in [0.15, 0.2) is 5.78 Å². The van der Waals surface area contributed by atoms with Crippen molar-refractivity contribution in [3.63, 3.8) is 0 Å². The number of H-pyrrole nitrogens is 2. The number of Topliss-reactive ketones (excluding diaryl/α,β-unsaturated/α-hetero) is 1. The van der Waals surface area contributed by atoms with Crippen molar-refractivity contribution in [3.8, 4) is 5.75 Å². The number of likely N-dealkylation sites (tertiary alicyclic amines) is 1. The van der Waals surface area contributed by atoms with Gasteiger partial charge in [0.05, 0.1) is 23.0 Å². The van der Waals surface area contributed by atoms with Gasteiger partial charge in [0.2, 0.25) is 0 Å². The lowest BCUT2D eigenvalue weighted by Gasteiger charge is -2.44. The highest BCUT2D eigenvalue weighted by Crippen LogP contribution is 2.40. The van der Waals surface area contributed by atoms with Crippen LogP contribution in [0.1, 0.15) is 68.6 Å². The number of piperidine rings is 1. The Bertz CT molecular complexity index is 874. The van der Waals surface area contributed by atoms with E-state index in [0.29, 0.717) is 28.8 Å². The van der Waals surface area contributed by atoms with Crippen LogP contribution in [0.2, 0.25) is 0 Å². The molecule has 4 rings (SSSR count). The summed E-state index contributed by atoms with van der Waals surface area (Å²) in [6, 6.07) is 3.53. The molecular weight excluding hydrogens is 342 g/mol. The highest BCUT2D eigenvalue weighted by Gasteiger charge is 2.43. The molecule has 2 N–H and O–H groups in total. The van der Waals surface area contributed by atoms with E-state index in [-0.39, 0.29) is 17.1 Å². The van der Waals surface area contributed by atoms with Crippen LogP contribution in [0.25, 0.3) is 11.0 Å². The highest BCUT2D eigenvalue weighted by molar-refractivity contribution is 6.03. The zero-order chi connectivity index (χ0) is 18.9. The van der Waals surface area contributed by atoms with Crippen LogP contribution in [-0.4, -0.2) is 45.9 Å². The molecule has 1 aromatic carbocycles. The number of nitrogens with zero attached hydrogens (tertiary/aromatic N) is 1. The van der Waals surface area contributed by atoms with Crippen molar-refractivity contribution >= 4 is 16.8 Å². The van der Waals surface area contributed by atoms with Crippen LogP contribution in [0.15, 0.2) is 16.9 Å². The van der Waals surface area contributed by atoms with Crippen LogP contribution in [0.3, 0.4) is 0 Å². The third kappa shape index (κ3) is 3.81. The first-order chi connectivity index (χ1) is 13.1. The van der Waals surface area contributed by atoms with Gasteiger partial charge in [0.1, 0.15) is 11.4 Å². The monoisotopic (exact) mass is 371 g/mol. The predicted octanol–water partition coefficient (Wildman–Crippen LogP) is 3.63. The van der Waals surface area contributed by atoms with Gasteiger partial charge < -0.3 is 19.6 Å². The Balaban J connectivity index is 1.40. The van der Waals surface area contributed by atoms with E-state index in [1.165, 1.54) is 32.1 Å². The molecule has 2 aliphatic heterocycles. The molecule has 0 unspecified atom stereocenters. The maximum atomic E-state index is 12.8. The molecule has 27 heavy (non-hydrogen) atoms. The van der Waals surface area contributed by atoms with Crippen molar-refractivity contribution in [1.82, 2.24) is 14.9 Å². The smallest absolute Gasteiger partial charge is 0.323 e. The second-order valence-corrected chi connectivity index (χ2v) is 8.11. The molecule has 0 atom stereocenters. The number of ketones is 1. The number of aromatic nitrogens is 2. The number of nitrogens with one attached hydrogen (secondary N) is 2. The van der Waals surface area contributed by atoms with Gasteiger partial charge in [0.25, 0.3) is 0 Å². The molecule has 1 fully saturated rings. The zero-order valence-electron chi connectivity index (χ0n) is 16.1. The zero-order valence-corrected chi connectivity index (χ0v) is 16.1. The number of benzene rings is 1. The lowest BCUT2D eigenvalue weighted by atomic mass is 9.82. The summed E-state index contributed by atoms with van der Waals surface area (Å²) in [6.45, 7) is 5.36. The van der Waals surface area contributed by atoms with Crippen molar-refractivity contribution < 1.29 is 9.53 Å². The van der Waals surface area contributed by atoms with Crippen molar-refractivity contribution in [2.75, 3.05) is 19.6 Å². The summed E-state index contributed by atoms with van der Waals surface area (Å²) >= 11 is 0. The van der Waals surface area contributed by atoms with Crippen LogP contribution >= 0.6 is 0 Å². The van der Waals surface area contributed by atoms with Crippen LogP contribution in [0.4, 0.5) is 0 Å². The number of imidazole rings is 1. The van der Waals surface area contributed by atoms with Crippen LogP contribution in [-0.2, 0) is 0 Å². The van der Waals surface area contributed by atoms with Gasteiger partial charge in [-0.1, -0.05) is 32.6 Å². The molecule has 1 aromatic heterocycles.